The van der Waals surface area contributed by atoms with Crippen LogP contribution in [0, 0.1) is 0 Å². The number of nitrogens with zero attached hydrogens (tertiary/aromatic N) is 1. The van der Waals surface area contributed by atoms with Gasteiger partial charge in [-0.25, -0.2) is 0 Å². The van der Waals surface area contributed by atoms with E-state index >= 15 is 0 Å². The Balaban J connectivity index is 1.94. The Labute approximate surface area is 134 Å². The fraction of sp³-hybridized carbons (Fsp3) is 0.308. The van der Waals surface area contributed by atoms with Gasteiger partial charge in [-0.3, -0.25) is 24.6 Å². The number of anilines is 1. The molecule has 2 heterocycles. The first-order valence-electron chi connectivity index (χ1n) is 6.38. The molecule has 1 aromatic carbocycles. The maximum absolute atomic E-state index is 12.4. The van der Waals surface area contributed by atoms with Crippen LogP contribution in [-0.4, -0.2) is 33.8 Å². The van der Waals surface area contributed by atoms with Crippen LogP contribution < -0.4 is 8.85 Å². The third-order valence-electron chi connectivity index (χ3n) is 3.71. The Hall–Kier alpha value is -1.68. The average Bonchev–Trinajstić information content (AvgIpc) is 2.71. The van der Waals surface area contributed by atoms with Gasteiger partial charge in [-0.15, -0.1) is 0 Å². The van der Waals surface area contributed by atoms with E-state index in [9.17, 15) is 19.5 Å². The minimum Gasteiger partial charge on any atom is -0.369 e. The number of benzene rings is 1. The van der Waals surface area contributed by atoms with E-state index in [1.807, 2.05) is 22.9 Å². The van der Waals surface area contributed by atoms with Gasteiger partial charge < -0.3 is 8.64 Å². The zero-order valence-corrected chi connectivity index (χ0v) is 13.0. The number of hydrogen-bond acceptors (Lipinski definition) is 5. The fourth-order valence-corrected chi connectivity index (χ4v) is 3.02. The van der Waals surface area contributed by atoms with Crippen LogP contribution in [0.5, 0.6) is 0 Å². The van der Waals surface area contributed by atoms with Gasteiger partial charge in [-0.1, -0.05) is 0 Å². The third kappa shape index (κ3) is 2.27. The molecule has 3 N–H and O–H groups in total. The highest BCUT2D eigenvalue weighted by atomic mass is 127. The van der Waals surface area contributed by atoms with E-state index < -0.39 is 24.1 Å². The number of halogens is 1. The molecule has 0 aromatic heterocycles. The smallest absolute Gasteiger partial charge is 0.257 e. The maximum atomic E-state index is 12.4. The molecule has 2 atom stereocenters. The van der Waals surface area contributed by atoms with Gasteiger partial charge in [0.1, 0.15) is 6.04 Å². The van der Waals surface area contributed by atoms with Gasteiger partial charge in [-0.05, 0) is 24.6 Å². The van der Waals surface area contributed by atoms with E-state index in [1.54, 1.807) is 18.2 Å². The molecule has 1 aromatic rings. The molecular weight excluding hydrogens is 389 g/mol. The molecule has 7 nitrogen and oxygen atoms in total. The summed E-state index contributed by atoms with van der Waals surface area (Å²) in [7, 11) is 0. The zero-order chi connectivity index (χ0) is 15.1. The highest BCUT2D eigenvalue weighted by Crippen LogP contribution is 2.36. The molecular formula is C13H12IN3O4. The van der Waals surface area contributed by atoms with Gasteiger partial charge >= 0.3 is 0 Å². The molecule has 0 spiro atoms. The van der Waals surface area contributed by atoms with Crippen molar-refractivity contribution in [2.24, 2.45) is 0 Å². The van der Waals surface area contributed by atoms with Crippen molar-refractivity contribution in [3.05, 3.63) is 29.3 Å². The lowest BCUT2D eigenvalue weighted by atomic mass is 10.0. The Kier molecular flexibility index (Phi) is 3.57. The van der Waals surface area contributed by atoms with E-state index in [0.29, 0.717) is 11.1 Å². The molecule has 21 heavy (non-hydrogen) atoms. The molecule has 0 radical (unpaired) electrons. The molecule has 2 aliphatic heterocycles. The summed E-state index contributed by atoms with van der Waals surface area (Å²) in [5.41, 5.74) is 1.60. The topological polar surface area (TPSA) is 98.7 Å². The number of nitrogens with one attached hydrogen (secondary N) is 2. The van der Waals surface area contributed by atoms with Crippen LogP contribution >= 0.6 is 22.9 Å². The second kappa shape index (κ2) is 5.26. The zero-order valence-electron chi connectivity index (χ0n) is 10.8. The van der Waals surface area contributed by atoms with E-state index in [2.05, 4.69) is 8.85 Å². The first-order chi connectivity index (χ1) is 10.0. The quantitative estimate of drug-likeness (QED) is 0.385. The summed E-state index contributed by atoms with van der Waals surface area (Å²) in [5, 5.41) is 12.6. The normalized spacial score (nSPS) is 24.9. The first-order valence-corrected chi connectivity index (χ1v) is 7.46. The van der Waals surface area contributed by atoms with Gasteiger partial charge in [0.2, 0.25) is 11.8 Å². The van der Waals surface area contributed by atoms with Crippen LogP contribution in [-0.2, 0) is 9.59 Å². The number of rotatable bonds is 2. The summed E-state index contributed by atoms with van der Waals surface area (Å²) >= 11 is 1.95. The van der Waals surface area contributed by atoms with Crippen molar-refractivity contribution < 1.29 is 19.5 Å². The van der Waals surface area contributed by atoms with E-state index in [1.165, 1.54) is 0 Å². The molecule has 3 rings (SSSR count). The van der Waals surface area contributed by atoms with Gasteiger partial charge in [-0.2, -0.15) is 0 Å². The number of amides is 3. The van der Waals surface area contributed by atoms with Crippen molar-refractivity contribution in [1.29, 1.82) is 0 Å². The molecule has 8 heteroatoms. The molecule has 3 amide bonds. The number of imide groups is 1. The Bertz CT molecular complexity index is 648. The largest absolute Gasteiger partial charge is 0.369 e. The number of piperidine rings is 1. The summed E-state index contributed by atoms with van der Waals surface area (Å²) in [6.45, 7) is 0. The van der Waals surface area contributed by atoms with E-state index in [0.717, 1.165) is 10.6 Å². The molecule has 110 valence electrons. The molecule has 0 aliphatic carbocycles. The SMILES string of the molecule is O=C1CCC(N2C(=O)c3ccc(NI)cc3C2O)C(=O)N1. The van der Waals surface area contributed by atoms with Gasteiger partial charge in [0.25, 0.3) is 5.91 Å². The van der Waals surface area contributed by atoms with Crippen molar-refractivity contribution in [1.82, 2.24) is 10.2 Å². The second-order valence-corrected chi connectivity index (χ2v) is 5.49. The van der Waals surface area contributed by atoms with Crippen LogP contribution in [0.3, 0.4) is 0 Å². The number of hydrogen-bond donors (Lipinski definition) is 3. The standard InChI is InChI=1S/C13H12IN3O4/c14-16-6-1-2-7-8(5-6)13(21)17(12(7)20)9-3-4-10(18)15-11(9)19/h1-2,5,9,13,16,21H,3-4H2,(H,15,18,19). The van der Waals surface area contributed by atoms with E-state index in [-0.39, 0.29) is 18.7 Å². The lowest BCUT2D eigenvalue weighted by Gasteiger charge is -2.31. The molecule has 2 unspecified atom stereocenters. The minimum absolute atomic E-state index is 0.157. The van der Waals surface area contributed by atoms with Gasteiger partial charge in [0, 0.05) is 23.2 Å². The highest BCUT2D eigenvalue weighted by Gasteiger charge is 2.44. The van der Waals surface area contributed by atoms with Gasteiger partial charge in [0.15, 0.2) is 6.23 Å². The molecule has 2 aliphatic rings. The van der Waals surface area contributed by atoms with Crippen LogP contribution in [0.1, 0.15) is 35.0 Å². The Morgan fingerprint density at radius 1 is 1.33 bits per heavy atom. The third-order valence-corrected chi connectivity index (χ3v) is 4.34. The molecule has 1 fully saturated rings. The molecule has 0 bridgehead atoms. The second-order valence-electron chi connectivity index (χ2n) is 4.95. The molecule has 0 saturated carbocycles. The van der Waals surface area contributed by atoms with Crippen LogP contribution in [0.25, 0.3) is 0 Å². The molecule has 1 saturated heterocycles. The lowest BCUT2D eigenvalue weighted by Crippen LogP contribution is -2.53. The van der Waals surface area contributed by atoms with Crippen molar-refractivity contribution >= 4 is 46.3 Å². The summed E-state index contributed by atoms with van der Waals surface area (Å²) in [5.74, 6) is -1.29. The number of carbonyl (C=O) groups is 3. The van der Waals surface area contributed by atoms with Crippen LogP contribution in [0.15, 0.2) is 18.2 Å². The van der Waals surface area contributed by atoms with Crippen molar-refractivity contribution in [2.45, 2.75) is 25.1 Å². The summed E-state index contributed by atoms with van der Waals surface area (Å²) in [4.78, 5) is 36.7. The Morgan fingerprint density at radius 2 is 2.10 bits per heavy atom. The number of aliphatic hydroxyl groups is 1. The van der Waals surface area contributed by atoms with E-state index in [4.69, 9.17) is 0 Å². The number of carbonyl (C=O) groups excluding carboxylic acids is 3. The minimum atomic E-state index is -1.18. The lowest BCUT2D eigenvalue weighted by molar-refractivity contribution is -0.139. The maximum Gasteiger partial charge on any atom is 0.257 e. The predicted molar refractivity (Wildman–Crippen MR) is 81.4 cm³/mol. The number of fused-ring (bicyclic) bond motifs is 1. The number of aliphatic hydroxyl groups excluding tert-OH is 1. The monoisotopic (exact) mass is 401 g/mol. The van der Waals surface area contributed by atoms with Crippen LogP contribution in [0.4, 0.5) is 5.69 Å². The van der Waals surface area contributed by atoms with Crippen LogP contribution in [0.2, 0.25) is 0 Å². The average molecular weight is 401 g/mol. The van der Waals surface area contributed by atoms with Gasteiger partial charge in [0.05, 0.1) is 22.9 Å². The first kappa shape index (κ1) is 14.3. The predicted octanol–water partition coefficient (Wildman–Crippen LogP) is 0.700. The Morgan fingerprint density at radius 3 is 2.76 bits per heavy atom. The highest BCUT2D eigenvalue weighted by molar-refractivity contribution is 14.1. The van der Waals surface area contributed by atoms with Crippen molar-refractivity contribution in [3.63, 3.8) is 0 Å². The summed E-state index contributed by atoms with van der Waals surface area (Å²) < 4.78 is 2.91. The summed E-state index contributed by atoms with van der Waals surface area (Å²) in [6.07, 6.45) is -0.802. The fourth-order valence-electron chi connectivity index (χ4n) is 2.69. The van der Waals surface area contributed by atoms with Crippen molar-refractivity contribution in [3.8, 4) is 0 Å². The summed E-state index contributed by atoms with van der Waals surface area (Å²) in [6, 6.07) is 4.20. The van der Waals surface area contributed by atoms with Crippen molar-refractivity contribution in [2.75, 3.05) is 3.53 Å².